The van der Waals surface area contributed by atoms with Gasteiger partial charge in [-0.2, -0.15) is 0 Å². The van der Waals surface area contributed by atoms with E-state index in [9.17, 15) is 9.59 Å². The Bertz CT molecular complexity index is 769. The number of methoxy groups -OCH3 is 3. The van der Waals surface area contributed by atoms with Gasteiger partial charge in [0.2, 0.25) is 0 Å². The van der Waals surface area contributed by atoms with Crippen molar-refractivity contribution in [1.82, 2.24) is 5.32 Å². The lowest BCUT2D eigenvalue weighted by Gasteiger charge is -2.10. The summed E-state index contributed by atoms with van der Waals surface area (Å²) in [4.78, 5) is 23.8. The minimum absolute atomic E-state index is 0.155. The highest BCUT2D eigenvalue weighted by atomic mass is 35.5. The SMILES string of the molecule is COC(=O)c1ccc(C(=O)NCc2cc(OC)cc(OC)c2)cc1Cl. The van der Waals surface area contributed by atoms with Crippen LogP contribution in [-0.2, 0) is 11.3 Å². The largest absolute Gasteiger partial charge is 0.497 e. The fourth-order valence-corrected chi connectivity index (χ4v) is 2.44. The molecule has 132 valence electrons. The van der Waals surface area contributed by atoms with E-state index in [2.05, 4.69) is 10.1 Å². The summed E-state index contributed by atoms with van der Waals surface area (Å²) in [5, 5.41) is 2.94. The van der Waals surface area contributed by atoms with Crippen molar-refractivity contribution in [2.45, 2.75) is 6.54 Å². The molecule has 2 aromatic rings. The third-order valence-corrected chi connectivity index (χ3v) is 3.81. The van der Waals surface area contributed by atoms with Gasteiger partial charge in [0.1, 0.15) is 11.5 Å². The van der Waals surface area contributed by atoms with Crippen LogP contribution < -0.4 is 14.8 Å². The van der Waals surface area contributed by atoms with E-state index in [4.69, 9.17) is 21.1 Å². The molecule has 0 aliphatic carbocycles. The second-order valence-electron chi connectivity index (χ2n) is 5.09. The van der Waals surface area contributed by atoms with Gasteiger partial charge in [-0.25, -0.2) is 4.79 Å². The van der Waals surface area contributed by atoms with Gasteiger partial charge in [0.05, 0.1) is 31.9 Å². The molecule has 0 heterocycles. The van der Waals surface area contributed by atoms with E-state index in [0.717, 1.165) is 5.56 Å². The van der Waals surface area contributed by atoms with Gasteiger partial charge in [-0.1, -0.05) is 11.6 Å². The Kier molecular flexibility index (Phi) is 6.25. The summed E-state index contributed by atoms with van der Waals surface area (Å²) in [7, 11) is 4.38. The summed E-state index contributed by atoms with van der Waals surface area (Å²) in [5.74, 6) is 0.392. The molecule has 0 bridgehead atoms. The Morgan fingerprint density at radius 2 is 1.64 bits per heavy atom. The number of rotatable bonds is 6. The predicted molar refractivity (Wildman–Crippen MR) is 93.5 cm³/mol. The van der Waals surface area contributed by atoms with Gasteiger partial charge in [-0.05, 0) is 35.9 Å². The van der Waals surface area contributed by atoms with Crippen molar-refractivity contribution < 1.29 is 23.8 Å². The molecule has 0 fully saturated rings. The third-order valence-electron chi connectivity index (χ3n) is 3.50. The first kappa shape index (κ1) is 18.6. The molecule has 7 heteroatoms. The summed E-state index contributed by atoms with van der Waals surface area (Å²) in [6.45, 7) is 0.281. The number of carbonyl (C=O) groups excluding carboxylic acids is 2. The Labute approximate surface area is 150 Å². The number of hydrogen-bond donors (Lipinski definition) is 1. The first-order chi connectivity index (χ1) is 12.0. The smallest absolute Gasteiger partial charge is 0.339 e. The van der Waals surface area contributed by atoms with E-state index in [1.807, 2.05) is 0 Å². The average molecular weight is 364 g/mol. The first-order valence-electron chi connectivity index (χ1n) is 7.36. The van der Waals surface area contributed by atoms with Gasteiger partial charge in [0, 0.05) is 18.2 Å². The maximum atomic E-state index is 12.3. The standard InChI is InChI=1S/C18H18ClNO5/c1-23-13-6-11(7-14(9-13)24-2)10-20-17(21)12-4-5-15(16(19)8-12)18(22)25-3/h4-9H,10H2,1-3H3,(H,20,21). The van der Waals surface area contributed by atoms with Crippen molar-refractivity contribution in [3.63, 3.8) is 0 Å². The molecule has 1 amide bonds. The molecule has 6 nitrogen and oxygen atoms in total. The highest BCUT2D eigenvalue weighted by Gasteiger charge is 2.14. The van der Waals surface area contributed by atoms with Crippen LogP contribution in [0, 0.1) is 0 Å². The lowest BCUT2D eigenvalue weighted by molar-refractivity contribution is 0.0600. The van der Waals surface area contributed by atoms with Crippen LogP contribution in [0.15, 0.2) is 36.4 Å². The monoisotopic (exact) mass is 363 g/mol. The number of hydrogen-bond acceptors (Lipinski definition) is 5. The van der Waals surface area contributed by atoms with Crippen LogP contribution >= 0.6 is 11.6 Å². The van der Waals surface area contributed by atoms with Crippen LogP contribution in [0.5, 0.6) is 11.5 Å². The number of benzene rings is 2. The number of ether oxygens (including phenoxy) is 3. The van der Waals surface area contributed by atoms with E-state index >= 15 is 0 Å². The van der Waals surface area contributed by atoms with Gasteiger partial charge in [-0.3, -0.25) is 4.79 Å². The van der Waals surface area contributed by atoms with Crippen molar-refractivity contribution in [2.75, 3.05) is 21.3 Å². The van der Waals surface area contributed by atoms with Crippen molar-refractivity contribution in [2.24, 2.45) is 0 Å². The van der Waals surface area contributed by atoms with Gasteiger partial charge >= 0.3 is 5.97 Å². The molecule has 0 atom stereocenters. The Morgan fingerprint density at radius 1 is 1.00 bits per heavy atom. The second kappa shape index (κ2) is 8.39. The quantitative estimate of drug-likeness (QED) is 0.798. The molecular weight excluding hydrogens is 346 g/mol. The zero-order chi connectivity index (χ0) is 18.4. The second-order valence-corrected chi connectivity index (χ2v) is 5.50. The van der Waals surface area contributed by atoms with E-state index in [0.29, 0.717) is 17.1 Å². The summed E-state index contributed by atoms with van der Waals surface area (Å²) in [5.41, 5.74) is 1.37. The van der Waals surface area contributed by atoms with Gasteiger partial charge in [0.15, 0.2) is 0 Å². The Hall–Kier alpha value is -2.73. The van der Waals surface area contributed by atoms with Crippen molar-refractivity contribution in [3.8, 4) is 11.5 Å². The molecule has 0 aliphatic rings. The lowest BCUT2D eigenvalue weighted by Crippen LogP contribution is -2.23. The summed E-state index contributed by atoms with van der Waals surface area (Å²) in [6, 6.07) is 9.75. The van der Waals surface area contributed by atoms with Crippen LogP contribution in [-0.4, -0.2) is 33.2 Å². The summed E-state index contributed by atoms with van der Waals surface area (Å²) in [6.07, 6.45) is 0. The number of esters is 1. The molecule has 25 heavy (non-hydrogen) atoms. The van der Waals surface area contributed by atoms with Crippen LogP contribution in [0.2, 0.25) is 5.02 Å². The third kappa shape index (κ3) is 4.64. The lowest BCUT2D eigenvalue weighted by atomic mass is 10.1. The maximum absolute atomic E-state index is 12.3. The summed E-state index contributed by atoms with van der Waals surface area (Å²) < 4.78 is 15.0. The van der Waals surface area contributed by atoms with Crippen LogP contribution in [0.1, 0.15) is 26.3 Å². The number of halogens is 1. The van der Waals surface area contributed by atoms with E-state index in [1.54, 1.807) is 32.4 Å². The normalized spacial score (nSPS) is 10.1. The molecule has 1 N–H and O–H groups in total. The zero-order valence-corrected chi connectivity index (χ0v) is 14.8. The fraction of sp³-hybridized carbons (Fsp3) is 0.222. The predicted octanol–water partition coefficient (Wildman–Crippen LogP) is 3.07. The first-order valence-corrected chi connectivity index (χ1v) is 7.74. The molecule has 0 spiro atoms. The van der Waals surface area contributed by atoms with Crippen LogP contribution in [0.4, 0.5) is 0 Å². The highest BCUT2D eigenvalue weighted by molar-refractivity contribution is 6.34. The average Bonchev–Trinajstić information content (AvgIpc) is 2.64. The molecule has 0 aromatic heterocycles. The minimum Gasteiger partial charge on any atom is -0.497 e. The van der Waals surface area contributed by atoms with Crippen molar-refractivity contribution in [3.05, 3.63) is 58.1 Å². The number of carbonyl (C=O) groups is 2. The molecule has 2 aromatic carbocycles. The molecule has 0 aliphatic heterocycles. The molecule has 0 radical (unpaired) electrons. The Morgan fingerprint density at radius 3 is 2.16 bits per heavy atom. The van der Waals surface area contributed by atoms with Crippen molar-refractivity contribution >= 4 is 23.5 Å². The molecule has 0 saturated carbocycles. The summed E-state index contributed by atoms with van der Waals surface area (Å²) >= 11 is 6.03. The highest BCUT2D eigenvalue weighted by Crippen LogP contribution is 2.23. The minimum atomic E-state index is -0.555. The van der Waals surface area contributed by atoms with E-state index in [1.165, 1.54) is 25.3 Å². The molecule has 0 saturated heterocycles. The number of amides is 1. The molecular formula is C18H18ClNO5. The van der Waals surface area contributed by atoms with Crippen LogP contribution in [0.3, 0.4) is 0 Å². The van der Waals surface area contributed by atoms with Gasteiger partial charge in [0.25, 0.3) is 5.91 Å². The molecule has 2 rings (SSSR count). The topological polar surface area (TPSA) is 73.9 Å². The van der Waals surface area contributed by atoms with Gasteiger partial charge < -0.3 is 19.5 Å². The molecule has 0 unspecified atom stereocenters. The van der Waals surface area contributed by atoms with Crippen molar-refractivity contribution in [1.29, 1.82) is 0 Å². The maximum Gasteiger partial charge on any atom is 0.339 e. The number of nitrogens with one attached hydrogen (secondary N) is 1. The fourth-order valence-electron chi connectivity index (χ4n) is 2.18. The Balaban J connectivity index is 2.10. The van der Waals surface area contributed by atoms with E-state index < -0.39 is 5.97 Å². The zero-order valence-electron chi connectivity index (χ0n) is 14.1. The van der Waals surface area contributed by atoms with E-state index in [-0.39, 0.29) is 23.0 Å². The van der Waals surface area contributed by atoms with Gasteiger partial charge in [-0.15, -0.1) is 0 Å². The van der Waals surface area contributed by atoms with Crippen LogP contribution in [0.25, 0.3) is 0 Å².